The predicted molar refractivity (Wildman–Crippen MR) is 79.6 cm³/mol. The average molecular weight is 305 g/mol. The molecule has 3 rings (SSSR count). The predicted octanol–water partition coefficient (Wildman–Crippen LogP) is 2.77. The van der Waals surface area contributed by atoms with Crippen LogP contribution < -0.4 is 5.32 Å². The molecule has 1 heterocycles. The van der Waals surface area contributed by atoms with Gasteiger partial charge >= 0.3 is 0 Å². The van der Waals surface area contributed by atoms with Crippen molar-refractivity contribution in [2.24, 2.45) is 0 Å². The van der Waals surface area contributed by atoms with E-state index < -0.39 is 11.5 Å². The lowest BCUT2D eigenvalue weighted by atomic mass is 9.95. The monoisotopic (exact) mass is 305 g/mol. The number of carbonyl (C=O) groups is 1. The van der Waals surface area contributed by atoms with Gasteiger partial charge in [-0.1, -0.05) is 12.1 Å². The van der Waals surface area contributed by atoms with E-state index in [1.165, 1.54) is 23.5 Å². The normalized spacial score (nSPS) is 17.2. The van der Waals surface area contributed by atoms with Gasteiger partial charge in [0.05, 0.1) is 11.5 Å². The van der Waals surface area contributed by atoms with Crippen molar-refractivity contribution in [2.45, 2.75) is 24.4 Å². The molecule has 0 aliphatic heterocycles. The average Bonchev–Trinajstić information content (AvgIpc) is 3.12. The van der Waals surface area contributed by atoms with E-state index in [1.54, 1.807) is 12.1 Å². The fourth-order valence-corrected chi connectivity index (χ4v) is 3.21. The molecule has 1 saturated carbocycles. The third-order valence-electron chi connectivity index (χ3n) is 3.95. The molecule has 1 aromatic heterocycles. The lowest BCUT2D eigenvalue weighted by molar-refractivity contribution is -0.124. The van der Waals surface area contributed by atoms with Gasteiger partial charge in [-0.2, -0.15) is 11.3 Å². The molecule has 110 valence electrons. The number of thiophene rings is 1. The zero-order chi connectivity index (χ0) is 14.9. The first-order chi connectivity index (χ1) is 10.1. The second-order valence-corrected chi connectivity index (χ2v) is 6.15. The lowest BCUT2D eigenvalue weighted by Gasteiger charge is -2.17. The Hall–Kier alpha value is -1.72. The van der Waals surface area contributed by atoms with Crippen molar-refractivity contribution in [1.29, 1.82) is 0 Å². The summed E-state index contributed by atoms with van der Waals surface area (Å²) in [6.45, 7) is 0.173. The molecule has 0 saturated heterocycles. The minimum atomic E-state index is -0.705. The molecule has 0 bridgehead atoms. The van der Waals surface area contributed by atoms with Crippen LogP contribution in [-0.4, -0.2) is 17.6 Å². The highest BCUT2D eigenvalue weighted by Crippen LogP contribution is 2.48. The molecule has 1 fully saturated rings. The highest BCUT2D eigenvalue weighted by atomic mass is 32.1. The number of hydrogen-bond donors (Lipinski definition) is 2. The quantitative estimate of drug-likeness (QED) is 0.892. The third-order valence-corrected chi connectivity index (χ3v) is 4.65. The number of amides is 1. The highest BCUT2D eigenvalue weighted by molar-refractivity contribution is 7.07. The van der Waals surface area contributed by atoms with Crippen LogP contribution in [0.1, 0.15) is 30.1 Å². The Morgan fingerprint density at radius 2 is 2.24 bits per heavy atom. The van der Waals surface area contributed by atoms with Crippen LogP contribution in [0.3, 0.4) is 0 Å². The molecule has 21 heavy (non-hydrogen) atoms. The molecule has 5 heteroatoms. The van der Waals surface area contributed by atoms with Crippen molar-refractivity contribution in [3.63, 3.8) is 0 Å². The summed E-state index contributed by atoms with van der Waals surface area (Å²) < 4.78 is 13.3. The van der Waals surface area contributed by atoms with E-state index in [-0.39, 0.29) is 18.3 Å². The molecule has 1 aliphatic carbocycles. The molecule has 1 unspecified atom stereocenters. The molecule has 1 aliphatic rings. The van der Waals surface area contributed by atoms with E-state index in [9.17, 15) is 14.3 Å². The van der Waals surface area contributed by atoms with Crippen LogP contribution in [0.5, 0.6) is 0 Å². The number of halogens is 1. The van der Waals surface area contributed by atoms with Crippen LogP contribution in [0.15, 0.2) is 41.1 Å². The molecule has 1 atom stereocenters. The Bertz CT molecular complexity index is 637. The standard InChI is InChI=1S/C16H16FNO2S/c17-13-3-1-2-12(8-13)16(5-6-16)15(20)18-9-14(19)11-4-7-21-10-11/h1-4,7-8,10,14,19H,5-6,9H2,(H,18,20). The first-order valence-electron chi connectivity index (χ1n) is 6.86. The SMILES string of the molecule is O=C(NCC(O)c1ccsc1)C1(c2cccc(F)c2)CC1. The van der Waals surface area contributed by atoms with Crippen molar-refractivity contribution in [3.8, 4) is 0 Å². The van der Waals surface area contributed by atoms with Crippen molar-refractivity contribution in [1.82, 2.24) is 5.32 Å². The van der Waals surface area contributed by atoms with E-state index in [2.05, 4.69) is 5.32 Å². The van der Waals surface area contributed by atoms with Crippen LogP contribution in [0.4, 0.5) is 4.39 Å². The first-order valence-corrected chi connectivity index (χ1v) is 7.81. The van der Waals surface area contributed by atoms with Crippen LogP contribution >= 0.6 is 11.3 Å². The number of nitrogens with one attached hydrogen (secondary N) is 1. The van der Waals surface area contributed by atoms with Gasteiger partial charge in [-0.15, -0.1) is 0 Å². The molecule has 3 nitrogen and oxygen atoms in total. The summed E-state index contributed by atoms with van der Waals surface area (Å²) in [5.74, 6) is -0.465. The van der Waals surface area contributed by atoms with Gasteiger partial charge in [-0.3, -0.25) is 4.79 Å². The largest absolute Gasteiger partial charge is 0.387 e. The van der Waals surface area contributed by atoms with E-state index in [4.69, 9.17) is 0 Å². The number of aliphatic hydroxyl groups excluding tert-OH is 1. The molecule has 0 radical (unpaired) electrons. The molecule has 2 aromatic rings. The smallest absolute Gasteiger partial charge is 0.230 e. The Labute approximate surface area is 126 Å². The van der Waals surface area contributed by atoms with E-state index in [1.807, 2.05) is 16.8 Å². The zero-order valence-corrected chi connectivity index (χ0v) is 12.2. The summed E-state index contributed by atoms with van der Waals surface area (Å²) in [5, 5.41) is 16.5. The van der Waals surface area contributed by atoms with Gasteiger partial charge in [-0.25, -0.2) is 4.39 Å². The van der Waals surface area contributed by atoms with Gasteiger partial charge in [0.2, 0.25) is 5.91 Å². The zero-order valence-electron chi connectivity index (χ0n) is 11.4. The maximum Gasteiger partial charge on any atom is 0.230 e. The summed E-state index contributed by atoms with van der Waals surface area (Å²) in [6, 6.07) is 8.03. The fraction of sp³-hybridized carbons (Fsp3) is 0.312. The Balaban J connectivity index is 1.65. The number of benzene rings is 1. The number of hydrogen-bond acceptors (Lipinski definition) is 3. The summed E-state index contributed by atoms with van der Waals surface area (Å²) in [7, 11) is 0. The van der Waals surface area contributed by atoms with Gasteiger partial charge < -0.3 is 10.4 Å². The van der Waals surface area contributed by atoms with Crippen LogP contribution in [0.25, 0.3) is 0 Å². The summed E-state index contributed by atoms with van der Waals surface area (Å²) in [4.78, 5) is 12.4. The number of aliphatic hydroxyl groups is 1. The molecule has 1 amide bonds. The summed E-state index contributed by atoms with van der Waals surface area (Å²) >= 11 is 1.50. The maximum atomic E-state index is 13.3. The number of carbonyl (C=O) groups excluding carboxylic acids is 1. The Morgan fingerprint density at radius 1 is 1.43 bits per heavy atom. The van der Waals surface area contributed by atoms with Gasteiger partial charge in [-0.05, 0) is 52.9 Å². The highest BCUT2D eigenvalue weighted by Gasteiger charge is 2.51. The minimum absolute atomic E-state index is 0.137. The van der Waals surface area contributed by atoms with Crippen molar-refractivity contribution >= 4 is 17.2 Å². The van der Waals surface area contributed by atoms with Gasteiger partial charge in [0.15, 0.2) is 0 Å². The van der Waals surface area contributed by atoms with Crippen LogP contribution in [0.2, 0.25) is 0 Å². The Morgan fingerprint density at radius 3 is 2.86 bits per heavy atom. The van der Waals surface area contributed by atoms with E-state index in [0.29, 0.717) is 5.56 Å². The van der Waals surface area contributed by atoms with Gasteiger partial charge in [0, 0.05) is 6.54 Å². The molecule has 2 N–H and O–H groups in total. The molecular formula is C16H16FNO2S. The van der Waals surface area contributed by atoms with Crippen molar-refractivity contribution in [2.75, 3.05) is 6.54 Å². The summed E-state index contributed by atoms with van der Waals surface area (Å²) in [6.07, 6.45) is 0.733. The van der Waals surface area contributed by atoms with Crippen LogP contribution in [-0.2, 0) is 10.2 Å². The molecular weight excluding hydrogens is 289 g/mol. The van der Waals surface area contributed by atoms with Crippen molar-refractivity contribution < 1.29 is 14.3 Å². The minimum Gasteiger partial charge on any atom is -0.387 e. The second-order valence-electron chi connectivity index (χ2n) is 5.37. The van der Waals surface area contributed by atoms with E-state index >= 15 is 0 Å². The molecule has 0 spiro atoms. The van der Waals surface area contributed by atoms with Crippen molar-refractivity contribution in [3.05, 3.63) is 58.0 Å². The van der Waals surface area contributed by atoms with Crippen LogP contribution in [0, 0.1) is 5.82 Å². The molecule has 1 aromatic carbocycles. The first kappa shape index (κ1) is 14.2. The summed E-state index contributed by atoms with van der Waals surface area (Å²) in [5.41, 5.74) is 0.900. The van der Waals surface area contributed by atoms with Gasteiger partial charge in [0.1, 0.15) is 5.82 Å². The van der Waals surface area contributed by atoms with Gasteiger partial charge in [0.25, 0.3) is 0 Å². The second kappa shape index (κ2) is 5.58. The van der Waals surface area contributed by atoms with E-state index in [0.717, 1.165) is 18.4 Å². The third kappa shape index (κ3) is 2.84. The topological polar surface area (TPSA) is 49.3 Å². The Kier molecular flexibility index (Phi) is 3.78. The number of rotatable bonds is 5. The lowest BCUT2D eigenvalue weighted by Crippen LogP contribution is -2.37. The fourth-order valence-electron chi connectivity index (χ4n) is 2.50. The maximum absolute atomic E-state index is 13.3.